The van der Waals surface area contributed by atoms with Crippen LogP contribution in [0.4, 0.5) is 5.69 Å². The number of hydrogen-bond acceptors (Lipinski definition) is 3. The van der Waals surface area contributed by atoms with Gasteiger partial charge in [0.2, 0.25) is 0 Å². The zero-order chi connectivity index (χ0) is 13.2. The number of rotatable bonds is 1. The van der Waals surface area contributed by atoms with Crippen LogP contribution in [0.5, 0.6) is 0 Å². The molecule has 1 aliphatic heterocycles. The zero-order valence-corrected chi connectivity index (χ0v) is 10.6. The summed E-state index contributed by atoms with van der Waals surface area (Å²) in [4.78, 5) is 2.27. The molecule has 2 aromatic rings. The van der Waals surface area contributed by atoms with Gasteiger partial charge in [0.1, 0.15) is 6.07 Å². The van der Waals surface area contributed by atoms with E-state index in [-0.39, 0.29) is 0 Å². The Bertz CT molecular complexity index is 713. The van der Waals surface area contributed by atoms with Crippen LogP contribution < -0.4 is 4.90 Å². The van der Waals surface area contributed by atoms with Gasteiger partial charge in [-0.15, -0.1) is 0 Å². The van der Waals surface area contributed by atoms with Gasteiger partial charge in [-0.25, -0.2) is 0 Å². The van der Waals surface area contributed by atoms with E-state index < -0.39 is 0 Å². The third-order valence-corrected chi connectivity index (χ3v) is 3.68. The van der Waals surface area contributed by atoms with E-state index in [2.05, 4.69) is 17.0 Å². The molecule has 1 fully saturated rings. The van der Waals surface area contributed by atoms with Crippen LogP contribution in [0.25, 0.3) is 10.8 Å². The fraction of sp³-hybridized carbons (Fsp3) is 0.250. The Morgan fingerprint density at radius 3 is 2.16 bits per heavy atom. The molecule has 19 heavy (non-hydrogen) atoms. The van der Waals surface area contributed by atoms with Gasteiger partial charge in [0.15, 0.2) is 0 Å². The first kappa shape index (κ1) is 11.6. The molecule has 0 bridgehead atoms. The van der Waals surface area contributed by atoms with Crippen LogP contribution in [-0.4, -0.2) is 13.1 Å². The van der Waals surface area contributed by atoms with E-state index in [1.54, 1.807) is 6.07 Å². The Hall–Kier alpha value is -2.52. The summed E-state index contributed by atoms with van der Waals surface area (Å²) in [7, 11) is 0. The number of hydrogen-bond donors (Lipinski definition) is 0. The van der Waals surface area contributed by atoms with E-state index in [1.165, 1.54) is 12.8 Å². The summed E-state index contributed by atoms with van der Waals surface area (Å²) in [5.74, 6) is 0. The average molecular weight is 247 g/mol. The number of nitrogens with zero attached hydrogens (tertiary/aromatic N) is 3. The van der Waals surface area contributed by atoms with Crippen molar-refractivity contribution in [3.8, 4) is 12.1 Å². The minimum atomic E-state index is 0.579. The van der Waals surface area contributed by atoms with Crippen molar-refractivity contribution in [2.45, 2.75) is 12.8 Å². The highest BCUT2D eigenvalue weighted by atomic mass is 15.1. The molecule has 2 aromatic carbocycles. The first-order valence-electron chi connectivity index (χ1n) is 6.46. The summed E-state index contributed by atoms with van der Waals surface area (Å²) >= 11 is 0. The minimum Gasteiger partial charge on any atom is -0.370 e. The molecule has 3 nitrogen and oxygen atoms in total. The lowest BCUT2D eigenvalue weighted by atomic mass is 9.98. The van der Waals surface area contributed by atoms with Crippen molar-refractivity contribution in [3.05, 3.63) is 41.5 Å². The quantitative estimate of drug-likeness (QED) is 0.777. The normalized spacial score (nSPS) is 14.3. The Kier molecular flexibility index (Phi) is 2.82. The Balaban J connectivity index is 2.36. The fourth-order valence-corrected chi connectivity index (χ4v) is 2.82. The summed E-state index contributed by atoms with van der Waals surface area (Å²) in [5.41, 5.74) is 2.18. The third-order valence-electron chi connectivity index (χ3n) is 3.68. The van der Waals surface area contributed by atoms with Crippen molar-refractivity contribution in [1.82, 2.24) is 0 Å². The molecule has 0 spiro atoms. The molecule has 3 heteroatoms. The maximum Gasteiger partial charge on any atom is 0.101 e. The van der Waals surface area contributed by atoms with Crippen molar-refractivity contribution in [1.29, 1.82) is 10.5 Å². The van der Waals surface area contributed by atoms with Gasteiger partial charge < -0.3 is 4.90 Å². The van der Waals surface area contributed by atoms with Crippen molar-refractivity contribution in [2.75, 3.05) is 18.0 Å². The number of benzene rings is 2. The highest BCUT2D eigenvalue weighted by Crippen LogP contribution is 2.34. The number of nitriles is 2. The third kappa shape index (κ3) is 1.80. The van der Waals surface area contributed by atoms with E-state index in [0.717, 1.165) is 29.5 Å². The fourth-order valence-electron chi connectivity index (χ4n) is 2.82. The lowest BCUT2D eigenvalue weighted by Crippen LogP contribution is -2.19. The maximum absolute atomic E-state index is 9.37. The van der Waals surface area contributed by atoms with E-state index in [1.807, 2.05) is 24.3 Å². The molecule has 0 N–H and O–H groups in total. The lowest BCUT2D eigenvalue weighted by molar-refractivity contribution is 0.949. The largest absolute Gasteiger partial charge is 0.370 e. The standard InChI is InChI=1S/C16H13N3/c17-10-12-9-13(11-18)16(19-7-3-4-8-19)15-6-2-1-5-14(12)15/h1-2,5-6,9H,3-4,7-8H2. The molecule has 1 heterocycles. The van der Waals surface area contributed by atoms with E-state index in [9.17, 15) is 10.5 Å². The van der Waals surface area contributed by atoms with Crippen LogP contribution in [0.3, 0.4) is 0 Å². The molecule has 0 aliphatic carbocycles. The highest BCUT2D eigenvalue weighted by molar-refractivity contribution is 6.00. The first-order valence-corrected chi connectivity index (χ1v) is 6.46. The van der Waals surface area contributed by atoms with E-state index in [0.29, 0.717) is 11.1 Å². The zero-order valence-electron chi connectivity index (χ0n) is 10.6. The van der Waals surface area contributed by atoms with Gasteiger partial charge in [-0.2, -0.15) is 10.5 Å². The Labute approximate surface area is 112 Å². The lowest BCUT2D eigenvalue weighted by Gasteiger charge is -2.21. The predicted molar refractivity (Wildman–Crippen MR) is 74.8 cm³/mol. The molecule has 0 radical (unpaired) electrons. The van der Waals surface area contributed by atoms with Gasteiger partial charge in [-0.1, -0.05) is 24.3 Å². The van der Waals surface area contributed by atoms with Crippen LogP contribution in [0.1, 0.15) is 24.0 Å². The second-order valence-corrected chi connectivity index (χ2v) is 4.78. The molecule has 0 atom stereocenters. The second kappa shape index (κ2) is 4.63. The summed E-state index contributed by atoms with van der Waals surface area (Å²) in [6, 6.07) is 14.0. The molecule has 0 amide bonds. The van der Waals surface area contributed by atoms with Gasteiger partial charge in [-0.3, -0.25) is 0 Å². The molecule has 1 saturated heterocycles. The Morgan fingerprint density at radius 2 is 1.53 bits per heavy atom. The molecular weight excluding hydrogens is 234 g/mol. The van der Waals surface area contributed by atoms with Gasteiger partial charge in [0.05, 0.1) is 22.9 Å². The van der Waals surface area contributed by atoms with Crippen LogP contribution in [0.15, 0.2) is 30.3 Å². The maximum atomic E-state index is 9.37. The molecule has 0 unspecified atom stereocenters. The van der Waals surface area contributed by atoms with Gasteiger partial charge >= 0.3 is 0 Å². The van der Waals surface area contributed by atoms with E-state index in [4.69, 9.17) is 0 Å². The molecule has 0 saturated carbocycles. The minimum absolute atomic E-state index is 0.579. The van der Waals surface area contributed by atoms with Crippen molar-refractivity contribution in [3.63, 3.8) is 0 Å². The van der Waals surface area contributed by atoms with Gasteiger partial charge in [0, 0.05) is 23.9 Å². The Morgan fingerprint density at radius 1 is 0.895 bits per heavy atom. The molecule has 92 valence electrons. The highest BCUT2D eigenvalue weighted by Gasteiger charge is 2.20. The second-order valence-electron chi connectivity index (χ2n) is 4.78. The average Bonchev–Trinajstić information content (AvgIpc) is 2.99. The van der Waals surface area contributed by atoms with Crippen molar-refractivity contribution in [2.24, 2.45) is 0 Å². The van der Waals surface area contributed by atoms with Crippen LogP contribution in [-0.2, 0) is 0 Å². The summed E-state index contributed by atoms with van der Waals surface area (Å²) in [5, 5.41) is 20.6. The topological polar surface area (TPSA) is 50.8 Å². The number of anilines is 1. The molecule has 3 rings (SSSR count). The summed E-state index contributed by atoms with van der Waals surface area (Å²) in [6.07, 6.45) is 2.33. The van der Waals surface area contributed by atoms with E-state index >= 15 is 0 Å². The summed E-state index contributed by atoms with van der Waals surface area (Å²) in [6.45, 7) is 1.98. The van der Waals surface area contributed by atoms with Gasteiger partial charge in [0.25, 0.3) is 0 Å². The monoisotopic (exact) mass is 247 g/mol. The summed E-state index contributed by atoms with van der Waals surface area (Å²) < 4.78 is 0. The smallest absolute Gasteiger partial charge is 0.101 e. The molecule has 0 aromatic heterocycles. The molecular formula is C16H13N3. The van der Waals surface area contributed by atoms with Crippen LogP contribution in [0.2, 0.25) is 0 Å². The van der Waals surface area contributed by atoms with Crippen molar-refractivity contribution >= 4 is 16.5 Å². The van der Waals surface area contributed by atoms with Crippen LogP contribution >= 0.6 is 0 Å². The molecule has 1 aliphatic rings. The van der Waals surface area contributed by atoms with Crippen molar-refractivity contribution < 1.29 is 0 Å². The van der Waals surface area contributed by atoms with Gasteiger partial charge in [-0.05, 0) is 18.9 Å². The van der Waals surface area contributed by atoms with Crippen LogP contribution in [0, 0.1) is 22.7 Å². The SMILES string of the molecule is N#Cc1cc(C#N)c2ccccc2c1N1CCCC1. The first-order chi connectivity index (χ1) is 9.35. The number of fused-ring (bicyclic) bond motifs is 1. The predicted octanol–water partition coefficient (Wildman–Crippen LogP) is 3.18.